The first-order valence-corrected chi connectivity index (χ1v) is 6.94. The molecule has 0 saturated heterocycles. The van der Waals surface area contributed by atoms with Crippen LogP contribution in [0, 0.1) is 0 Å². The van der Waals surface area contributed by atoms with Gasteiger partial charge in [-0.15, -0.1) is 0 Å². The zero-order valence-corrected chi connectivity index (χ0v) is 13.1. The quantitative estimate of drug-likeness (QED) is 0.678. The van der Waals surface area contributed by atoms with Crippen LogP contribution in [0.15, 0.2) is 18.3 Å². The van der Waals surface area contributed by atoms with E-state index in [9.17, 15) is 0 Å². The Morgan fingerprint density at radius 2 is 1.78 bits per heavy atom. The number of ether oxygens (including phenoxy) is 3. The highest BCUT2D eigenvalue weighted by atomic mass is 16.5. The van der Waals surface area contributed by atoms with Gasteiger partial charge in [-0.2, -0.15) is 4.98 Å². The van der Waals surface area contributed by atoms with Crippen LogP contribution in [-0.2, 0) is 6.42 Å². The van der Waals surface area contributed by atoms with Gasteiger partial charge in [0.2, 0.25) is 11.7 Å². The summed E-state index contributed by atoms with van der Waals surface area (Å²) in [6.45, 7) is 0.0399. The molecular weight excluding hydrogens is 300 g/mol. The molecule has 0 atom stereocenters. The van der Waals surface area contributed by atoms with Crippen molar-refractivity contribution < 1.29 is 19.3 Å². The highest BCUT2D eigenvalue weighted by Gasteiger charge is 2.15. The monoisotopic (exact) mass is 320 g/mol. The van der Waals surface area contributed by atoms with Gasteiger partial charge >= 0.3 is 0 Å². The molecule has 1 heterocycles. The molecule has 0 aliphatic heterocycles. The number of nitrogens with zero attached hydrogens (tertiary/aromatic N) is 2. The van der Waals surface area contributed by atoms with Crippen LogP contribution in [0.1, 0.15) is 11.1 Å². The molecule has 0 fully saturated rings. The predicted molar refractivity (Wildman–Crippen MR) is 85.8 cm³/mol. The van der Waals surface area contributed by atoms with Gasteiger partial charge in [0.1, 0.15) is 12.4 Å². The van der Waals surface area contributed by atoms with Crippen LogP contribution in [0.3, 0.4) is 0 Å². The molecule has 0 saturated carbocycles. The molecule has 0 amide bonds. The number of hydrogen-bond donors (Lipinski definition) is 3. The van der Waals surface area contributed by atoms with Crippen LogP contribution in [0.5, 0.6) is 17.2 Å². The van der Waals surface area contributed by atoms with E-state index in [2.05, 4.69) is 9.97 Å². The first-order valence-electron chi connectivity index (χ1n) is 6.94. The molecule has 0 spiro atoms. The Morgan fingerprint density at radius 1 is 1.13 bits per heavy atom. The standard InChI is InChI=1S/C15H20N4O4/c1-21-11-6-9(5-10-8-18-15(17)19-14(10)16)7-12(22-2)13(11)23-4-3-20/h6-8,20H,3-5H2,1-2H3,(H4,16,17,18,19). The zero-order chi connectivity index (χ0) is 16.8. The lowest BCUT2D eigenvalue weighted by Crippen LogP contribution is -2.06. The summed E-state index contributed by atoms with van der Waals surface area (Å²) in [7, 11) is 3.07. The van der Waals surface area contributed by atoms with E-state index in [1.54, 1.807) is 6.20 Å². The summed E-state index contributed by atoms with van der Waals surface area (Å²) in [5.41, 5.74) is 13.0. The number of anilines is 2. The van der Waals surface area contributed by atoms with E-state index < -0.39 is 0 Å². The second-order valence-corrected chi connectivity index (χ2v) is 4.72. The van der Waals surface area contributed by atoms with Crippen molar-refractivity contribution in [2.75, 3.05) is 38.9 Å². The Kier molecular flexibility index (Phi) is 5.42. The van der Waals surface area contributed by atoms with Crippen molar-refractivity contribution in [1.82, 2.24) is 9.97 Å². The SMILES string of the molecule is COc1cc(Cc2cnc(N)nc2N)cc(OC)c1OCCO. The molecule has 8 heteroatoms. The van der Waals surface area contributed by atoms with E-state index >= 15 is 0 Å². The van der Waals surface area contributed by atoms with Crippen molar-refractivity contribution in [3.63, 3.8) is 0 Å². The van der Waals surface area contributed by atoms with Crippen LogP contribution < -0.4 is 25.7 Å². The fourth-order valence-corrected chi connectivity index (χ4v) is 2.12. The van der Waals surface area contributed by atoms with Crippen LogP contribution >= 0.6 is 0 Å². The number of nitrogen functional groups attached to an aromatic ring is 2. The molecule has 0 aliphatic rings. The average molecular weight is 320 g/mol. The van der Waals surface area contributed by atoms with Crippen molar-refractivity contribution >= 4 is 11.8 Å². The van der Waals surface area contributed by atoms with Gasteiger partial charge in [-0.3, -0.25) is 0 Å². The van der Waals surface area contributed by atoms with E-state index in [1.165, 1.54) is 14.2 Å². The van der Waals surface area contributed by atoms with Gasteiger partial charge in [0, 0.05) is 18.2 Å². The van der Waals surface area contributed by atoms with Crippen LogP contribution in [-0.4, -0.2) is 42.5 Å². The molecule has 1 aromatic heterocycles. The summed E-state index contributed by atoms with van der Waals surface area (Å²) in [6.07, 6.45) is 2.08. The Balaban J connectivity index is 2.35. The zero-order valence-electron chi connectivity index (χ0n) is 13.1. The molecule has 23 heavy (non-hydrogen) atoms. The van der Waals surface area contributed by atoms with Gasteiger partial charge in [-0.25, -0.2) is 4.98 Å². The lowest BCUT2D eigenvalue weighted by atomic mass is 10.1. The first kappa shape index (κ1) is 16.6. The van der Waals surface area contributed by atoms with E-state index in [1.807, 2.05) is 12.1 Å². The van der Waals surface area contributed by atoms with Gasteiger partial charge in [0.15, 0.2) is 11.5 Å². The number of methoxy groups -OCH3 is 2. The van der Waals surface area contributed by atoms with Gasteiger partial charge in [-0.05, 0) is 17.7 Å². The largest absolute Gasteiger partial charge is 0.493 e. The number of hydrogen-bond acceptors (Lipinski definition) is 8. The van der Waals surface area contributed by atoms with Crippen molar-refractivity contribution in [2.45, 2.75) is 6.42 Å². The molecule has 124 valence electrons. The molecule has 5 N–H and O–H groups in total. The van der Waals surface area contributed by atoms with Gasteiger partial charge in [-0.1, -0.05) is 0 Å². The maximum absolute atomic E-state index is 8.91. The van der Waals surface area contributed by atoms with Crippen LogP contribution in [0.4, 0.5) is 11.8 Å². The maximum atomic E-state index is 8.91. The minimum Gasteiger partial charge on any atom is -0.493 e. The Labute approximate surface area is 134 Å². The number of aliphatic hydroxyl groups is 1. The van der Waals surface area contributed by atoms with Crippen LogP contribution in [0.25, 0.3) is 0 Å². The van der Waals surface area contributed by atoms with Crippen LogP contribution in [0.2, 0.25) is 0 Å². The number of aromatic nitrogens is 2. The molecule has 8 nitrogen and oxygen atoms in total. The van der Waals surface area contributed by atoms with Gasteiger partial charge < -0.3 is 30.8 Å². The second-order valence-electron chi connectivity index (χ2n) is 4.72. The van der Waals surface area contributed by atoms with Gasteiger partial charge in [0.05, 0.1) is 20.8 Å². The maximum Gasteiger partial charge on any atom is 0.221 e. The predicted octanol–water partition coefficient (Wildman–Crippen LogP) is 0.620. The smallest absolute Gasteiger partial charge is 0.221 e. The third kappa shape index (κ3) is 3.92. The van der Waals surface area contributed by atoms with E-state index in [-0.39, 0.29) is 19.2 Å². The lowest BCUT2D eigenvalue weighted by Gasteiger charge is -2.16. The lowest BCUT2D eigenvalue weighted by molar-refractivity contribution is 0.191. The van der Waals surface area contributed by atoms with E-state index in [0.717, 1.165) is 11.1 Å². The highest BCUT2D eigenvalue weighted by molar-refractivity contribution is 5.55. The molecular formula is C15H20N4O4. The summed E-state index contributed by atoms with van der Waals surface area (Å²) >= 11 is 0. The summed E-state index contributed by atoms with van der Waals surface area (Å²) in [5, 5.41) is 8.91. The molecule has 0 bridgehead atoms. The summed E-state index contributed by atoms with van der Waals surface area (Å²) in [6, 6.07) is 3.62. The van der Waals surface area contributed by atoms with E-state index in [4.69, 9.17) is 30.8 Å². The van der Waals surface area contributed by atoms with Crippen molar-refractivity contribution in [2.24, 2.45) is 0 Å². The topological polar surface area (TPSA) is 126 Å². The summed E-state index contributed by atoms with van der Waals surface area (Å²) in [4.78, 5) is 7.89. The Hall–Kier alpha value is -2.74. The van der Waals surface area contributed by atoms with Crippen molar-refractivity contribution in [3.8, 4) is 17.2 Å². The van der Waals surface area contributed by atoms with Gasteiger partial charge in [0.25, 0.3) is 0 Å². The molecule has 0 unspecified atom stereocenters. The number of nitrogens with two attached hydrogens (primary N) is 2. The van der Waals surface area contributed by atoms with E-state index in [0.29, 0.717) is 29.5 Å². The minimum absolute atomic E-state index is 0.104. The highest BCUT2D eigenvalue weighted by Crippen LogP contribution is 2.39. The molecule has 2 aromatic rings. The minimum atomic E-state index is -0.104. The summed E-state index contributed by atoms with van der Waals surface area (Å²) < 4.78 is 16.2. The molecule has 2 rings (SSSR count). The third-order valence-electron chi connectivity index (χ3n) is 3.17. The Morgan fingerprint density at radius 3 is 2.30 bits per heavy atom. The average Bonchev–Trinajstić information content (AvgIpc) is 2.55. The molecule has 0 aliphatic carbocycles. The number of benzene rings is 1. The normalized spacial score (nSPS) is 10.4. The third-order valence-corrected chi connectivity index (χ3v) is 3.17. The second kappa shape index (κ2) is 7.50. The van der Waals surface area contributed by atoms with Crippen molar-refractivity contribution in [1.29, 1.82) is 0 Å². The first-order chi connectivity index (χ1) is 11.1. The number of rotatable bonds is 7. The number of aliphatic hydroxyl groups excluding tert-OH is 1. The fraction of sp³-hybridized carbons (Fsp3) is 0.333. The molecule has 1 aromatic carbocycles. The molecule has 0 radical (unpaired) electrons. The fourth-order valence-electron chi connectivity index (χ4n) is 2.12. The summed E-state index contributed by atoms with van der Waals surface area (Å²) in [5.74, 6) is 1.91. The van der Waals surface area contributed by atoms with Crippen molar-refractivity contribution in [3.05, 3.63) is 29.5 Å². The Bertz CT molecular complexity index is 654.